The highest BCUT2D eigenvalue weighted by Crippen LogP contribution is 2.29. The van der Waals surface area contributed by atoms with Gasteiger partial charge in [-0.3, -0.25) is 0 Å². The van der Waals surface area contributed by atoms with Gasteiger partial charge in [0, 0.05) is 13.1 Å². The molecule has 3 rings (SSSR count). The summed E-state index contributed by atoms with van der Waals surface area (Å²) in [5, 5.41) is 0. The quantitative estimate of drug-likeness (QED) is 0.839. The molecule has 0 saturated heterocycles. The summed E-state index contributed by atoms with van der Waals surface area (Å²) in [6.45, 7) is 3.10. The molecule has 0 amide bonds. The normalized spacial score (nSPS) is 20.2. The first-order chi connectivity index (χ1) is 10.1. The summed E-state index contributed by atoms with van der Waals surface area (Å²) >= 11 is 0. The molecule has 0 N–H and O–H groups in total. The second-order valence-corrected chi connectivity index (χ2v) is 7.76. The van der Waals surface area contributed by atoms with Gasteiger partial charge in [-0.05, 0) is 50.3 Å². The Morgan fingerprint density at radius 1 is 1.10 bits per heavy atom. The minimum absolute atomic E-state index is 0.404. The van der Waals surface area contributed by atoms with E-state index in [1.807, 2.05) is 19.1 Å². The zero-order valence-electron chi connectivity index (χ0n) is 12.4. The molecule has 1 aliphatic heterocycles. The zero-order chi connectivity index (χ0) is 14.9. The number of benzene rings is 1. The third-order valence-electron chi connectivity index (χ3n) is 4.28. The van der Waals surface area contributed by atoms with E-state index >= 15 is 0 Å². The molecule has 0 bridgehead atoms. The molecule has 0 aromatic heterocycles. The first-order valence-electron chi connectivity index (χ1n) is 7.51. The van der Waals surface area contributed by atoms with Gasteiger partial charge in [0.15, 0.2) is 0 Å². The van der Waals surface area contributed by atoms with Crippen LogP contribution >= 0.6 is 0 Å². The summed E-state index contributed by atoms with van der Waals surface area (Å²) in [5.74, 6) is 0. The van der Waals surface area contributed by atoms with Crippen LogP contribution in [0.25, 0.3) is 0 Å². The summed E-state index contributed by atoms with van der Waals surface area (Å²) in [4.78, 5) is 0.404. The van der Waals surface area contributed by atoms with E-state index in [0.717, 1.165) is 31.2 Å². The Balaban J connectivity index is 1.86. The summed E-state index contributed by atoms with van der Waals surface area (Å²) in [6, 6.07) is 7.13. The van der Waals surface area contributed by atoms with Crippen LogP contribution in [0.3, 0.4) is 0 Å². The highest BCUT2D eigenvalue weighted by Gasteiger charge is 2.29. The third-order valence-corrected chi connectivity index (χ3v) is 6.14. The average molecular weight is 303 g/mol. The number of allylic oxidation sites excluding steroid dienone is 2. The molecule has 1 aromatic carbocycles. The van der Waals surface area contributed by atoms with Gasteiger partial charge < -0.3 is 0 Å². The van der Waals surface area contributed by atoms with Gasteiger partial charge in [0.25, 0.3) is 0 Å². The smallest absolute Gasteiger partial charge is 0.207 e. The van der Waals surface area contributed by atoms with Crippen molar-refractivity contribution in [3.63, 3.8) is 0 Å². The fourth-order valence-electron chi connectivity index (χ4n) is 2.98. The molecule has 0 spiro atoms. The number of hydrogen-bond donors (Lipinski definition) is 0. The maximum absolute atomic E-state index is 12.7. The summed E-state index contributed by atoms with van der Waals surface area (Å²) < 4.78 is 27.1. The van der Waals surface area contributed by atoms with Crippen molar-refractivity contribution in [3.8, 4) is 0 Å². The molecule has 4 heteroatoms. The van der Waals surface area contributed by atoms with E-state index in [1.54, 1.807) is 16.4 Å². The Labute approximate surface area is 127 Å². The maximum atomic E-state index is 12.7. The fraction of sp³-hybridized carbons (Fsp3) is 0.412. The van der Waals surface area contributed by atoms with Crippen LogP contribution in [0.2, 0.25) is 0 Å². The highest BCUT2D eigenvalue weighted by atomic mass is 32.2. The van der Waals surface area contributed by atoms with Crippen LogP contribution in [0.15, 0.2) is 52.5 Å². The highest BCUT2D eigenvalue weighted by molar-refractivity contribution is 7.89. The van der Waals surface area contributed by atoms with Crippen molar-refractivity contribution in [2.75, 3.05) is 13.1 Å². The number of aryl methyl sites for hydroxylation is 1. The van der Waals surface area contributed by atoms with E-state index in [9.17, 15) is 8.42 Å². The first-order valence-corrected chi connectivity index (χ1v) is 8.95. The molecule has 0 unspecified atom stereocenters. The molecule has 0 atom stereocenters. The third kappa shape index (κ3) is 2.97. The van der Waals surface area contributed by atoms with E-state index in [1.165, 1.54) is 11.1 Å². The Bertz CT molecular complexity index is 684. The molecular formula is C17H21NO2S. The monoisotopic (exact) mass is 303 g/mol. The van der Waals surface area contributed by atoms with Gasteiger partial charge >= 0.3 is 0 Å². The fourth-order valence-corrected chi connectivity index (χ4v) is 4.42. The molecule has 0 saturated carbocycles. The van der Waals surface area contributed by atoms with E-state index in [2.05, 4.69) is 12.2 Å². The number of nitrogens with zero attached hydrogens (tertiary/aromatic N) is 1. The van der Waals surface area contributed by atoms with E-state index < -0.39 is 10.0 Å². The molecule has 0 fully saturated rings. The molecular weight excluding hydrogens is 282 g/mol. The van der Waals surface area contributed by atoms with Gasteiger partial charge in [-0.1, -0.05) is 35.4 Å². The predicted octanol–water partition coefficient (Wildman–Crippen LogP) is 3.43. The van der Waals surface area contributed by atoms with Crippen LogP contribution in [0.1, 0.15) is 31.2 Å². The SMILES string of the molecule is Cc1ccc(S(=O)(=O)N2CCC3=C(CCCC=C3)C2)cc1. The van der Waals surface area contributed by atoms with Crippen LogP contribution in [0, 0.1) is 6.92 Å². The van der Waals surface area contributed by atoms with E-state index in [0.29, 0.717) is 18.0 Å². The summed E-state index contributed by atoms with van der Waals surface area (Å²) in [5.41, 5.74) is 3.72. The van der Waals surface area contributed by atoms with Crippen LogP contribution in [-0.2, 0) is 10.0 Å². The van der Waals surface area contributed by atoms with Crippen LogP contribution in [0.4, 0.5) is 0 Å². The average Bonchev–Trinajstić information content (AvgIpc) is 2.72. The Morgan fingerprint density at radius 3 is 2.62 bits per heavy atom. The second kappa shape index (κ2) is 5.78. The van der Waals surface area contributed by atoms with Crippen molar-refractivity contribution in [2.45, 2.75) is 37.5 Å². The lowest BCUT2D eigenvalue weighted by atomic mass is 9.99. The van der Waals surface area contributed by atoms with Gasteiger partial charge in [0.1, 0.15) is 0 Å². The van der Waals surface area contributed by atoms with Gasteiger partial charge in [-0.15, -0.1) is 0 Å². The predicted molar refractivity (Wildman–Crippen MR) is 84.6 cm³/mol. The lowest BCUT2D eigenvalue weighted by Gasteiger charge is -2.29. The van der Waals surface area contributed by atoms with Crippen molar-refractivity contribution < 1.29 is 8.42 Å². The molecule has 3 nitrogen and oxygen atoms in total. The van der Waals surface area contributed by atoms with E-state index in [-0.39, 0.29) is 0 Å². The minimum Gasteiger partial charge on any atom is -0.207 e. The summed E-state index contributed by atoms with van der Waals surface area (Å²) in [6.07, 6.45) is 8.47. The maximum Gasteiger partial charge on any atom is 0.243 e. The second-order valence-electron chi connectivity index (χ2n) is 5.83. The van der Waals surface area contributed by atoms with Crippen LogP contribution < -0.4 is 0 Å². The van der Waals surface area contributed by atoms with Gasteiger partial charge in [-0.2, -0.15) is 4.31 Å². The van der Waals surface area contributed by atoms with Crippen molar-refractivity contribution >= 4 is 10.0 Å². The Hall–Kier alpha value is -1.39. The van der Waals surface area contributed by atoms with Crippen LogP contribution in [-0.4, -0.2) is 25.8 Å². The van der Waals surface area contributed by atoms with Crippen LogP contribution in [0.5, 0.6) is 0 Å². The van der Waals surface area contributed by atoms with Gasteiger partial charge in [-0.25, -0.2) is 8.42 Å². The number of sulfonamides is 1. The lowest BCUT2D eigenvalue weighted by molar-refractivity contribution is 0.417. The van der Waals surface area contributed by atoms with E-state index in [4.69, 9.17) is 0 Å². The Kier molecular flexibility index (Phi) is 4.00. The number of hydrogen-bond acceptors (Lipinski definition) is 2. The molecule has 2 aliphatic rings. The lowest BCUT2D eigenvalue weighted by Crippen LogP contribution is -2.36. The molecule has 0 radical (unpaired) electrons. The van der Waals surface area contributed by atoms with Crippen molar-refractivity contribution in [1.82, 2.24) is 4.31 Å². The number of rotatable bonds is 2. The Morgan fingerprint density at radius 2 is 1.86 bits per heavy atom. The first kappa shape index (κ1) is 14.5. The molecule has 112 valence electrons. The molecule has 1 aliphatic carbocycles. The zero-order valence-corrected chi connectivity index (χ0v) is 13.2. The topological polar surface area (TPSA) is 37.4 Å². The van der Waals surface area contributed by atoms with Crippen molar-refractivity contribution in [2.24, 2.45) is 0 Å². The molecule has 1 heterocycles. The minimum atomic E-state index is -3.37. The van der Waals surface area contributed by atoms with Crippen molar-refractivity contribution in [1.29, 1.82) is 0 Å². The van der Waals surface area contributed by atoms with Crippen molar-refractivity contribution in [3.05, 3.63) is 53.1 Å². The van der Waals surface area contributed by atoms with Gasteiger partial charge in [0.2, 0.25) is 10.0 Å². The molecule has 1 aromatic rings. The standard InChI is InChI=1S/C17H21NO2S/c1-14-7-9-17(10-8-14)21(19,20)18-12-11-15-5-3-2-4-6-16(15)13-18/h3,5,7-10H,2,4,6,11-13H2,1H3. The summed E-state index contributed by atoms with van der Waals surface area (Å²) in [7, 11) is -3.37. The van der Waals surface area contributed by atoms with Gasteiger partial charge in [0.05, 0.1) is 4.90 Å². The largest absolute Gasteiger partial charge is 0.243 e. The molecule has 21 heavy (non-hydrogen) atoms.